The molecule has 0 aliphatic heterocycles. The van der Waals surface area contributed by atoms with Gasteiger partial charge in [-0.3, -0.25) is 0 Å². The Kier molecular flexibility index (Phi) is 4.78. The molecule has 2 heterocycles. The smallest absolute Gasteiger partial charge is 0.229 e. The zero-order chi connectivity index (χ0) is 18.0. The summed E-state index contributed by atoms with van der Waals surface area (Å²) in [6, 6.07) is 5.35. The highest BCUT2D eigenvalue weighted by molar-refractivity contribution is 6.03. The van der Waals surface area contributed by atoms with Crippen LogP contribution in [0.4, 0.5) is 0 Å². The second kappa shape index (κ2) is 6.85. The molecule has 0 aliphatic rings. The second-order valence-corrected chi connectivity index (χ2v) is 6.70. The predicted octanol–water partition coefficient (Wildman–Crippen LogP) is 2.08. The zero-order valence-electron chi connectivity index (χ0n) is 14.7. The van der Waals surface area contributed by atoms with E-state index in [1.807, 2.05) is 6.07 Å². The Morgan fingerprint density at radius 3 is 2.84 bits per heavy atom. The summed E-state index contributed by atoms with van der Waals surface area (Å²) in [5.74, 6) is 1.36. The Bertz CT molecular complexity index is 883. The van der Waals surface area contributed by atoms with Crippen molar-refractivity contribution < 1.29 is 19.3 Å². The fourth-order valence-electron chi connectivity index (χ4n) is 2.70. The molecule has 2 N–H and O–H groups in total. The number of fused-ring (bicyclic) bond motifs is 3. The summed E-state index contributed by atoms with van der Waals surface area (Å²) in [5.41, 5.74) is 1.06. The van der Waals surface area contributed by atoms with Crippen LogP contribution in [-0.4, -0.2) is 41.0 Å². The molecule has 0 bridgehead atoms. The topological polar surface area (TPSA) is 94.3 Å². The fraction of sp³-hybridized carbons (Fsp3) is 0.444. The number of imidazole rings is 1. The van der Waals surface area contributed by atoms with Crippen LogP contribution in [-0.2, 0) is 11.2 Å². The third-order valence-corrected chi connectivity index (χ3v) is 4.03. The molecule has 0 saturated carbocycles. The third kappa shape index (κ3) is 3.83. The summed E-state index contributed by atoms with van der Waals surface area (Å²) in [5, 5.41) is 22.9. The lowest BCUT2D eigenvalue weighted by atomic mass is 10.1. The molecule has 25 heavy (non-hydrogen) atoms. The zero-order valence-corrected chi connectivity index (χ0v) is 14.7. The number of hydrogen-bond donors (Lipinski definition) is 2. The number of hydrogen-bond acceptors (Lipinski definition) is 5. The van der Waals surface area contributed by atoms with Crippen molar-refractivity contribution in [1.29, 1.82) is 0 Å². The van der Waals surface area contributed by atoms with E-state index in [2.05, 4.69) is 9.97 Å². The van der Waals surface area contributed by atoms with Gasteiger partial charge in [0, 0.05) is 26.0 Å². The molecule has 0 unspecified atom stereocenters. The molecule has 0 aliphatic carbocycles. The van der Waals surface area contributed by atoms with E-state index in [9.17, 15) is 10.3 Å². The van der Waals surface area contributed by atoms with Gasteiger partial charge in [0.05, 0.1) is 24.3 Å². The molecule has 3 rings (SSSR count). The van der Waals surface area contributed by atoms with Crippen molar-refractivity contribution in [2.24, 2.45) is 0 Å². The number of benzene rings is 1. The Hall–Kier alpha value is -2.38. The molecule has 134 valence electrons. The number of aromatic amines is 1. The van der Waals surface area contributed by atoms with E-state index in [0.717, 1.165) is 16.1 Å². The minimum Gasteiger partial charge on any atom is -0.618 e. The molecule has 7 heteroatoms. The number of aromatic nitrogens is 3. The number of nitrogens with one attached hydrogen (secondary N) is 1. The molecule has 2 aromatic heterocycles. The van der Waals surface area contributed by atoms with Crippen molar-refractivity contribution in [1.82, 2.24) is 9.97 Å². The molecule has 0 spiro atoms. The maximum atomic E-state index is 12.3. The predicted molar refractivity (Wildman–Crippen MR) is 94.5 cm³/mol. The number of methoxy groups -OCH3 is 1. The maximum Gasteiger partial charge on any atom is 0.229 e. The van der Waals surface area contributed by atoms with Crippen LogP contribution in [0.3, 0.4) is 0 Å². The number of pyridine rings is 1. The van der Waals surface area contributed by atoms with Crippen LogP contribution in [0.1, 0.15) is 26.1 Å². The van der Waals surface area contributed by atoms with E-state index in [1.54, 1.807) is 33.1 Å². The first-order valence-electron chi connectivity index (χ1n) is 8.26. The SMILES string of the molecule is COCCc1nc2c[n+]([O-])c3cccc(OCCC(C)(C)O)c3c2[nH]1. The normalized spacial score (nSPS) is 12.2. The molecule has 0 radical (unpaired) electrons. The van der Waals surface area contributed by atoms with Crippen LogP contribution in [0.15, 0.2) is 24.4 Å². The summed E-state index contributed by atoms with van der Waals surface area (Å²) >= 11 is 0. The summed E-state index contributed by atoms with van der Waals surface area (Å²) in [6.45, 7) is 4.37. The van der Waals surface area contributed by atoms with Gasteiger partial charge in [0.15, 0.2) is 5.52 Å². The highest BCUT2D eigenvalue weighted by atomic mass is 16.5. The van der Waals surface area contributed by atoms with Gasteiger partial charge in [0.1, 0.15) is 17.0 Å². The third-order valence-electron chi connectivity index (χ3n) is 4.03. The van der Waals surface area contributed by atoms with Gasteiger partial charge >= 0.3 is 0 Å². The summed E-state index contributed by atoms with van der Waals surface area (Å²) in [4.78, 5) is 7.74. The number of ether oxygens (including phenoxy) is 2. The van der Waals surface area contributed by atoms with Crippen molar-refractivity contribution in [3.63, 3.8) is 0 Å². The molecule has 7 nitrogen and oxygen atoms in total. The van der Waals surface area contributed by atoms with E-state index in [1.165, 1.54) is 6.20 Å². The first-order valence-corrected chi connectivity index (χ1v) is 8.26. The maximum absolute atomic E-state index is 12.3. The van der Waals surface area contributed by atoms with Gasteiger partial charge in [-0.25, -0.2) is 4.98 Å². The van der Waals surface area contributed by atoms with Crippen LogP contribution < -0.4 is 9.47 Å². The molecule has 0 saturated heterocycles. The Balaban J connectivity index is 2.04. The standard InChI is InChI=1S/C18H23N3O4/c1-18(2,22)8-10-25-14-6-4-5-13-16(14)17-12(11-21(13)23)19-15(20-17)7-9-24-3/h4-6,11,22H,7-10H2,1-3H3,(H,19,20). The minimum absolute atomic E-state index is 0.350. The van der Waals surface area contributed by atoms with Gasteiger partial charge < -0.3 is 24.8 Å². The number of H-pyrrole nitrogens is 1. The Morgan fingerprint density at radius 2 is 2.12 bits per heavy atom. The lowest BCUT2D eigenvalue weighted by Gasteiger charge is -2.17. The van der Waals surface area contributed by atoms with Gasteiger partial charge in [-0.05, 0) is 19.9 Å². The van der Waals surface area contributed by atoms with Crippen LogP contribution >= 0.6 is 0 Å². The van der Waals surface area contributed by atoms with E-state index >= 15 is 0 Å². The molecule has 1 aromatic carbocycles. The second-order valence-electron chi connectivity index (χ2n) is 6.70. The summed E-state index contributed by atoms with van der Waals surface area (Å²) < 4.78 is 11.8. The van der Waals surface area contributed by atoms with Gasteiger partial charge in [0.2, 0.25) is 11.7 Å². The quantitative estimate of drug-likeness (QED) is 0.505. The number of rotatable bonds is 7. The van der Waals surface area contributed by atoms with E-state index in [-0.39, 0.29) is 0 Å². The largest absolute Gasteiger partial charge is 0.618 e. The van der Waals surface area contributed by atoms with Crippen molar-refractivity contribution in [2.75, 3.05) is 20.3 Å². The Labute approximate surface area is 145 Å². The monoisotopic (exact) mass is 345 g/mol. The van der Waals surface area contributed by atoms with Gasteiger partial charge in [0.25, 0.3) is 0 Å². The first-order chi connectivity index (χ1) is 11.9. The minimum atomic E-state index is -0.806. The molecule has 0 fully saturated rings. The van der Waals surface area contributed by atoms with Gasteiger partial charge in [-0.2, -0.15) is 4.73 Å². The molecule has 0 amide bonds. The lowest BCUT2D eigenvalue weighted by molar-refractivity contribution is -0.575. The van der Waals surface area contributed by atoms with Crippen LogP contribution in [0, 0.1) is 5.21 Å². The summed E-state index contributed by atoms with van der Waals surface area (Å²) in [6.07, 6.45) is 2.58. The van der Waals surface area contributed by atoms with Crippen molar-refractivity contribution >= 4 is 21.9 Å². The molecular weight excluding hydrogens is 322 g/mol. The van der Waals surface area contributed by atoms with Crippen molar-refractivity contribution in [3.8, 4) is 5.75 Å². The molecule has 0 atom stereocenters. The number of nitrogens with zero attached hydrogens (tertiary/aromatic N) is 2. The highest BCUT2D eigenvalue weighted by Gasteiger charge is 2.19. The van der Waals surface area contributed by atoms with Crippen LogP contribution in [0.5, 0.6) is 5.75 Å². The van der Waals surface area contributed by atoms with E-state index < -0.39 is 5.60 Å². The van der Waals surface area contributed by atoms with E-state index in [0.29, 0.717) is 48.2 Å². The Morgan fingerprint density at radius 1 is 1.32 bits per heavy atom. The lowest BCUT2D eigenvalue weighted by Crippen LogP contribution is -2.26. The molecule has 3 aromatic rings. The number of aliphatic hydroxyl groups is 1. The summed E-state index contributed by atoms with van der Waals surface area (Å²) in [7, 11) is 1.64. The highest BCUT2D eigenvalue weighted by Crippen LogP contribution is 2.30. The molecular formula is C18H23N3O4. The van der Waals surface area contributed by atoms with Crippen molar-refractivity contribution in [3.05, 3.63) is 35.4 Å². The van der Waals surface area contributed by atoms with E-state index in [4.69, 9.17) is 9.47 Å². The van der Waals surface area contributed by atoms with Crippen LogP contribution in [0.2, 0.25) is 0 Å². The first kappa shape index (κ1) is 17.4. The van der Waals surface area contributed by atoms with Gasteiger partial charge in [-0.1, -0.05) is 6.07 Å². The average molecular weight is 345 g/mol. The van der Waals surface area contributed by atoms with Crippen LogP contribution in [0.25, 0.3) is 21.9 Å². The average Bonchev–Trinajstić information content (AvgIpc) is 2.94. The fourth-order valence-corrected chi connectivity index (χ4v) is 2.70. The van der Waals surface area contributed by atoms with Gasteiger partial charge in [-0.15, -0.1) is 0 Å². The van der Waals surface area contributed by atoms with Crippen molar-refractivity contribution in [2.45, 2.75) is 32.3 Å².